The van der Waals surface area contributed by atoms with Crippen LogP contribution in [0, 0.1) is 0 Å². The highest BCUT2D eigenvalue weighted by Crippen LogP contribution is 2.38. The minimum Gasteiger partial charge on any atom is -0.494 e. The van der Waals surface area contributed by atoms with Crippen molar-refractivity contribution in [2.24, 2.45) is 0 Å². The molecule has 1 nitrogen and oxygen atoms in total. The van der Waals surface area contributed by atoms with Crippen molar-refractivity contribution >= 4 is 0 Å². The minimum atomic E-state index is -5.49. The molecule has 0 amide bonds. The molecule has 0 aliphatic rings. The van der Waals surface area contributed by atoms with Crippen LogP contribution in [0.4, 0.5) is 22.0 Å². The Morgan fingerprint density at radius 2 is 1.53 bits per heavy atom. The molecule has 1 aromatic carbocycles. The Bertz CT molecular complexity index is 333. The van der Waals surface area contributed by atoms with Crippen molar-refractivity contribution in [1.29, 1.82) is 0 Å². The smallest absolute Gasteiger partial charge is 0.453 e. The molecule has 0 saturated carbocycles. The first-order chi connectivity index (χ1) is 7.83. The molecule has 0 spiro atoms. The van der Waals surface area contributed by atoms with Crippen LogP contribution in [0.5, 0.6) is 5.75 Å². The van der Waals surface area contributed by atoms with E-state index < -0.39 is 18.5 Å². The summed E-state index contributed by atoms with van der Waals surface area (Å²) in [6, 6.07) is 8.30. The third-order valence-electron chi connectivity index (χ3n) is 2.06. The summed E-state index contributed by atoms with van der Waals surface area (Å²) in [5.74, 6) is -4.20. The second-order valence-electron chi connectivity index (χ2n) is 3.47. The molecule has 1 aromatic rings. The zero-order chi connectivity index (χ0) is 12.9. The van der Waals surface area contributed by atoms with Gasteiger partial charge in [0.05, 0.1) is 6.61 Å². The fourth-order valence-electron chi connectivity index (χ4n) is 1.14. The average molecular weight is 254 g/mol. The van der Waals surface area contributed by atoms with E-state index in [2.05, 4.69) is 0 Å². The average Bonchev–Trinajstić information content (AvgIpc) is 2.24. The predicted octanol–water partition coefficient (Wildman–Crippen LogP) is 4.04. The first-order valence-electron chi connectivity index (χ1n) is 4.95. The van der Waals surface area contributed by atoms with Crippen LogP contribution in [0.15, 0.2) is 30.3 Å². The molecule has 0 unspecified atom stereocenters. The standard InChI is InChI=1S/C11H11F5O/c12-10(13,11(14,15)16)7-4-8-17-9-5-2-1-3-6-9/h1-3,5-6H,4,7-8H2. The van der Waals surface area contributed by atoms with Gasteiger partial charge in [0.1, 0.15) is 5.75 Å². The number of halogens is 5. The molecule has 17 heavy (non-hydrogen) atoms. The molecular weight excluding hydrogens is 243 g/mol. The molecule has 0 atom stereocenters. The highest BCUT2D eigenvalue weighted by molar-refractivity contribution is 5.20. The van der Waals surface area contributed by atoms with Crippen molar-refractivity contribution in [2.75, 3.05) is 6.61 Å². The molecule has 1 rings (SSSR count). The number of ether oxygens (including phenoxy) is 1. The summed E-state index contributed by atoms with van der Waals surface area (Å²) in [4.78, 5) is 0. The molecule has 0 fully saturated rings. The minimum absolute atomic E-state index is 0.171. The quantitative estimate of drug-likeness (QED) is 0.569. The van der Waals surface area contributed by atoms with Gasteiger partial charge in [-0.1, -0.05) is 18.2 Å². The van der Waals surface area contributed by atoms with Crippen LogP contribution in [0.3, 0.4) is 0 Å². The molecule has 0 aliphatic carbocycles. The number of benzene rings is 1. The van der Waals surface area contributed by atoms with E-state index in [1.165, 1.54) is 0 Å². The summed E-state index contributed by atoms with van der Waals surface area (Å²) in [5.41, 5.74) is 0. The third-order valence-corrected chi connectivity index (χ3v) is 2.06. The summed E-state index contributed by atoms with van der Waals surface area (Å²) >= 11 is 0. The van der Waals surface area contributed by atoms with Gasteiger partial charge in [-0.25, -0.2) is 0 Å². The second-order valence-corrected chi connectivity index (χ2v) is 3.47. The largest absolute Gasteiger partial charge is 0.494 e. The number of hydrogen-bond acceptors (Lipinski definition) is 1. The highest BCUT2D eigenvalue weighted by atomic mass is 19.4. The van der Waals surface area contributed by atoms with Crippen LogP contribution in [-0.4, -0.2) is 18.7 Å². The Morgan fingerprint density at radius 3 is 2.06 bits per heavy atom. The Hall–Kier alpha value is -1.33. The number of alkyl halides is 5. The second kappa shape index (κ2) is 5.33. The maximum atomic E-state index is 12.5. The van der Waals surface area contributed by atoms with E-state index >= 15 is 0 Å². The molecule has 6 heteroatoms. The molecule has 0 bridgehead atoms. The van der Waals surface area contributed by atoms with Crippen LogP contribution in [-0.2, 0) is 0 Å². The van der Waals surface area contributed by atoms with E-state index in [-0.39, 0.29) is 13.0 Å². The highest BCUT2D eigenvalue weighted by Gasteiger charge is 2.56. The van der Waals surface area contributed by atoms with Crippen LogP contribution in [0.1, 0.15) is 12.8 Å². The fourth-order valence-corrected chi connectivity index (χ4v) is 1.14. The number of hydrogen-bond donors (Lipinski definition) is 0. The summed E-state index contributed by atoms with van der Waals surface area (Å²) in [6.07, 6.45) is -7.11. The van der Waals surface area contributed by atoms with Gasteiger partial charge in [-0.2, -0.15) is 22.0 Å². The summed E-state index contributed by atoms with van der Waals surface area (Å²) in [6.45, 7) is -0.171. The van der Waals surface area contributed by atoms with Gasteiger partial charge in [-0.3, -0.25) is 0 Å². The van der Waals surface area contributed by atoms with Gasteiger partial charge in [-0.15, -0.1) is 0 Å². The SMILES string of the molecule is FC(F)(F)C(F)(F)CCCOc1ccccc1. The van der Waals surface area contributed by atoms with E-state index in [1.807, 2.05) is 0 Å². The zero-order valence-corrected chi connectivity index (χ0v) is 8.81. The van der Waals surface area contributed by atoms with Gasteiger partial charge in [0, 0.05) is 6.42 Å². The molecule has 96 valence electrons. The molecular formula is C11H11F5O. The summed E-state index contributed by atoms with van der Waals surface area (Å²) < 4.78 is 65.3. The normalized spacial score (nSPS) is 12.5. The van der Waals surface area contributed by atoms with E-state index in [9.17, 15) is 22.0 Å². The maximum absolute atomic E-state index is 12.5. The molecule has 0 saturated heterocycles. The lowest BCUT2D eigenvalue weighted by molar-refractivity contribution is -0.284. The third kappa shape index (κ3) is 4.20. The molecule has 0 heterocycles. The fraction of sp³-hybridized carbons (Fsp3) is 0.455. The van der Waals surface area contributed by atoms with Gasteiger partial charge in [0.2, 0.25) is 0 Å². The monoisotopic (exact) mass is 254 g/mol. The Kier molecular flexibility index (Phi) is 4.31. The number of para-hydroxylation sites is 1. The van der Waals surface area contributed by atoms with Gasteiger partial charge in [0.25, 0.3) is 0 Å². The molecule has 0 radical (unpaired) electrons. The van der Waals surface area contributed by atoms with Crippen molar-refractivity contribution in [2.45, 2.75) is 24.9 Å². The molecule has 0 aromatic heterocycles. The van der Waals surface area contributed by atoms with Gasteiger partial charge < -0.3 is 4.74 Å². The maximum Gasteiger partial charge on any atom is 0.453 e. The van der Waals surface area contributed by atoms with Crippen LogP contribution in [0.25, 0.3) is 0 Å². The van der Waals surface area contributed by atoms with E-state index in [4.69, 9.17) is 4.74 Å². The summed E-state index contributed by atoms with van der Waals surface area (Å²) in [5, 5.41) is 0. The topological polar surface area (TPSA) is 9.23 Å². The van der Waals surface area contributed by atoms with Crippen molar-refractivity contribution in [3.63, 3.8) is 0 Å². The van der Waals surface area contributed by atoms with Crippen molar-refractivity contribution in [3.8, 4) is 5.75 Å². The van der Waals surface area contributed by atoms with E-state index in [0.29, 0.717) is 5.75 Å². The number of rotatable bonds is 5. The Balaban J connectivity index is 2.30. The first kappa shape index (κ1) is 13.7. The Morgan fingerprint density at radius 1 is 0.941 bits per heavy atom. The van der Waals surface area contributed by atoms with E-state index in [1.54, 1.807) is 30.3 Å². The van der Waals surface area contributed by atoms with Gasteiger partial charge in [0.15, 0.2) is 0 Å². The van der Waals surface area contributed by atoms with Crippen LogP contribution in [0.2, 0.25) is 0 Å². The lowest BCUT2D eigenvalue weighted by Crippen LogP contribution is -2.36. The van der Waals surface area contributed by atoms with Gasteiger partial charge >= 0.3 is 12.1 Å². The lowest BCUT2D eigenvalue weighted by Gasteiger charge is -2.19. The van der Waals surface area contributed by atoms with E-state index in [0.717, 1.165) is 0 Å². The molecule has 0 aliphatic heterocycles. The van der Waals surface area contributed by atoms with Crippen molar-refractivity contribution < 1.29 is 26.7 Å². The lowest BCUT2D eigenvalue weighted by atomic mass is 10.2. The van der Waals surface area contributed by atoms with Crippen molar-refractivity contribution in [1.82, 2.24) is 0 Å². The first-order valence-corrected chi connectivity index (χ1v) is 4.95. The van der Waals surface area contributed by atoms with Gasteiger partial charge in [-0.05, 0) is 18.6 Å². The summed E-state index contributed by atoms with van der Waals surface area (Å²) in [7, 11) is 0. The van der Waals surface area contributed by atoms with Crippen molar-refractivity contribution in [3.05, 3.63) is 30.3 Å². The van der Waals surface area contributed by atoms with Crippen LogP contribution >= 0.6 is 0 Å². The Labute approximate surface area is 95.2 Å². The van der Waals surface area contributed by atoms with Crippen LogP contribution < -0.4 is 4.74 Å². The molecule has 0 N–H and O–H groups in total. The zero-order valence-electron chi connectivity index (χ0n) is 8.81. The predicted molar refractivity (Wildman–Crippen MR) is 52.2 cm³/mol.